The smallest absolute Gasteiger partial charge is 0.267 e. The fraction of sp³-hybridized carbons (Fsp3) is 0.200. The molecule has 0 radical (unpaired) electrons. The average Bonchev–Trinajstić information content (AvgIpc) is 2.98. The number of rotatable bonds is 5. The average molecular weight is 303 g/mol. The Hall–Kier alpha value is -2.34. The van der Waals surface area contributed by atoms with Crippen LogP contribution in [0.4, 0.5) is 5.69 Å². The van der Waals surface area contributed by atoms with Gasteiger partial charge in [-0.15, -0.1) is 0 Å². The molecule has 0 fully saturated rings. The van der Waals surface area contributed by atoms with Crippen molar-refractivity contribution in [3.8, 4) is 0 Å². The first kappa shape index (κ1) is 15.1. The maximum absolute atomic E-state index is 12.0. The van der Waals surface area contributed by atoms with Crippen LogP contribution >= 0.6 is 11.3 Å². The van der Waals surface area contributed by atoms with Gasteiger partial charge in [-0.05, 0) is 43.0 Å². The molecule has 3 N–H and O–H groups in total. The second kappa shape index (κ2) is 6.90. The molecule has 110 valence electrons. The summed E-state index contributed by atoms with van der Waals surface area (Å²) in [6, 6.07) is 9.38. The predicted octanol–water partition coefficient (Wildman–Crippen LogP) is 2.72. The van der Waals surface area contributed by atoms with Crippen LogP contribution in [0.5, 0.6) is 0 Å². The number of carbonyl (C=O) groups excluding carboxylic acids is 1. The van der Waals surface area contributed by atoms with E-state index in [9.17, 15) is 4.79 Å². The van der Waals surface area contributed by atoms with Crippen LogP contribution in [0, 0.1) is 6.92 Å². The van der Waals surface area contributed by atoms with Gasteiger partial charge in [0.1, 0.15) is 0 Å². The molecular formula is C15H17N3O2S. The number of nitrogens with zero attached hydrogens (tertiary/aromatic N) is 1. The molecular weight excluding hydrogens is 286 g/mol. The molecule has 0 spiro atoms. The quantitative estimate of drug-likeness (QED) is 0.506. The molecule has 6 heteroatoms. The zero-order valence-electron chi connectivity index (χ0n) is 11.9. The van der Waals surface area contributed by atoms with Crippen LogP contribution in [0.2, 0.25) is 0 Å². The molecule has 0 saturated carbocycles. The first-order valence-electron chi connectivity index (χ1n) is 6.45. The maximum atomic E-state index is 12.0. The van der Waals surface area contributed by atoms with Crippen LogP contribution in [0.3, 0.4) is 0 Å². The number of thiophene rings is 1. The molecule has 1 aromatic heterocycles. The molecule has 1 amide bonds. The van der Waals surface area contributed by atoms with Crippen molar-refractivity contribution < 1.29 is 9.63 Å². The van der Waals surface area contributed by atoms with Gasteiger partial charge in [0.25, 0.3) is 5.91 Å². The van der Waals surface area contributed by atoms with Crippen molar-refractivity contribution in [2.75, 3.05) is 5.32 Å². The summed E-state index contributed by atoms with van der Waals surface area (Å²) in [4.78, 5) is 17.1. The van der Waals surface area contributed by atoms with Gasteiger partial charge >= 0.3 is 0 Å². The van der Waals surface area contributed by atoms with Crippen LogP contribution in [0.15, 0.2) is 46.2 Å². The number of hydrogen-bond acceptors (Lipinski definition) is 4. The molecule has 5 nitrogen and oxygen atoms in total. The Labute approximate surface area is 127 Å². The third kappa shape index (κ3) is 4.32. The molecule has 0 aliphatic heterocycles. The van der Waals surface area contributed by atoms with Gasteiger partial charge < -0.3 is 15.9 Å². The monoisotopic (exact) mass is 303 g/mol. The Morgan fingerprint density at radius 1 is 1.43 bits per heavy atom. The lowest BCUT2D eigenvalue weighted by molar-refractivity contribution is -0.126. The minimum atomic E-state index is -0.734. The number of nitrogens with two attached hydrogens (primary N) is 1. The predicted molar refractivity (Wildman–Crippen MR) is 85.4 cm³/mol. The summed E-state index contributed by atoms with van der Waals surface area (Å²) in [5.74, 6) is -0.0195. The summed E-state index contributed by atoms with van der Waals surface area (Å²) in [6.45, 7) is 3.58. The van der Waals surface area contributed by atoms with E-state index >= 15 is 0 Å². The summed E-state index contributed by atoms with van der Waals surface area (Å²) >= 11 is 1.52. The van der Waals surface area contributed by atoms with Crippen molar-refractivity contribution in [3.05, 3.63) is 52.2 Å². The Balaban J connectivity index is 1.92. The van der Waals surface area contributed by atoms with E-state index in [0.717, 1.165) is 16.8 Å². The highest BCUT2D eigenvalue weighted by molar-refractivity contribution is 7.08. The minimum Gasteiger partial charge on any atom is -0.381 e. The van der Waals surface area contributed by atoms with Crippen LogP contribution in [-0.4, -0.2) is 17.8 Å². The van der Waals surface area contributed by atoms with Crippen LogP contribution in [-0.2, 0) is 9.63 Å². The van der Waals surface area contributed by atoms with Gasteiger partial charge in [0, 0.05) is 16.6 Å². The van der Waals surface area contributed by atoms with E-state index in [4.69, 9.17) is 10.6 Å². The topological polar surface area (TPSA) is 76.7 Å². The standard InChI is InChI=1S/C15H17N3O2S/c1-10-4-3-5-13(8-10)17-15(19)11(2)20-18-14(16)12-6-7-21-9-12/h3-9,11H,1-2H3,(H2,16,18)(H,17,19). The SMILES string of the molecule is Cc1cccc(NC(=O)C(C)O/N=C(\N)c2ccsc2)c1. The number of amides is 1. The van der Waals surface area contributed by atoms with Crippen LogP contribution in [0.25, 0.3) is 0 Å². The number of carbonyl (C=O) groups is 1. The van der Waals surface area contributed by atoms with Crippen molar-refractivity contribution in [2.24, 2.45) is 10.9 Å². The van der Waals surface area contributed by atoms with E-state index in [1.807, 2.05) is 48.0 Å². The Kier molecular flexibility index (Phi) is 4.94. The molecule has 0 aliphatic carbocycles. The largest absolute Gasteiger partial charge is 0.381 e. The molecule has 21 heavy (non-hydrogen) atoms. The van der Waals surface area contributed by atoms with E-state index in [1.54, 1.807) is 6.92 Å². The van der Waals surface area contributed by atoms with Crippen molar-refractivity contribution in [3.63, 3.8) is 0 Å². The fourth-order valence-corrected chi connectivity index (χ4v) is 2.26. The lowest BCUT2D eigenvalue weighted by Gasteiger charge is -2.11. The third-order valence-electron chi connectivity index (χ3n) is 2.78. The number of amidine groups is 1. The summed E-state index contributed by atoms with van der Waals surface area (Å²) in [7, 11) is 0. The highest BCUT2D eigenvalue weighted by Crippen LogP contribution is 2.11. The lowest BCUT2D eigenvalue weighted by atomic mass is 10.2. The van der Waals surface area contributed by atoms with E-state index in [0.29, 0.717) is 0 Å². The molecule has 0 aliphatic rings. The molecule has 2 aromatic rings. The summed E-state index contributed by atoms with van der Waals surface area (Å²) in [6.07, 6.45) is -0.734. The van der Waals surface area contributed by atoms with Crippen molar-refractivity contribution in [2.45, 2.75) is 20.0 Å². The van der Waals surface area contributed by atoms with Gasteiger partial charge in [0.2, 0.25) is 6.10 Å². The normalized spacial score (nSPS) is 12.8. The molecule has 2 rings (SSSR count). The molecule has 0 saturated heterocycles. The minimum absolute atomic E-state index is 0.256. The van der Waals surface area contributed by atoms with Crippen molar-refractivity contribution in [1.82, 2.24) is 0 Å². The van der Waals surface area contributed by atoms with Crippen molar-refractivity contribution >= 4 is 28.8 Å². The maximum Gasteiger partial charge on any atom is 0.267 e. The van der Waals surface area contributed by atoms with E-state index in [2.05, 4.69) is 10.5 Å². The van der Waals surface area contributed by atoms with E-state index in [1.165, 1.54) is 11.3 Å². The second-order valence-electron chi connectivity index (χ2n) is 4.59. The highest BCUT2D eigenvalue weighted by Gasteiger charge is 2.14. The van der Waals surface area contributed by atoms with Gasteiger partial charge in [-0.3, -0.25) is 4.79 Å². The number of oxime groups is 1. The lowest BCUT2D eigenvalue weighted by Crippen LogP contribution is -2.27. The number of aryl methyl sites for hydroxylation is 1. The molecule has 0 bridgehead atoms. The van der Waals surface area contributed by atoms with Gasteiger partial charge in [-0.1, -0.05) is 17.3 Å². The van der Waals surface area contributed by atoms with Gasteiger partial charge in [0.05, 0.1) is 0 Å². The van der Waals surface area contributed by atoms with E-state index < -0.39 is 6.10 Å². The highest BCUT2D eigenvalue weighted by atomic mass is 32.1. The number of hydrogen-bond donors (Lipinski definition) is 2. The first-order valence-corrected chi connectivity index (χ1v) is 7.40. The van der Waals surface area contributed by atoms with Crippen LogP contribution < -0.4 is 11.1 Å². The summed E-state index contributed by atoms with van der Waals surface area (Å²) < 4.78 is 0. The second-order valence-corrected chi connectivity index (χ2v) is 5.37. The third-order valence-corrected chi connectivity index (χ3v) is 3.46. The number of anilines is 1. The first-order chi connectivity index (χ1) is 10.1. The van der Waals surface area contributed by atoms with Gasteiger partial charge in [-0.25, -0.2) is 0 Å². The zero-order valence-corrected chi connectivity index (χ0v) is 12.7. The summed E-state index contributed by atoms with van der Waals surface area (Å²) in [5, 5.41) is 10.3. The number of nitrogens with one attached hydrogen (secondary N) is 1. The molecule has 1 heterocycles. The van der Waals surface area contributed by atoms with Gasteiger partial charge in [0.15, 0.2) is 5.84 Å². The fourth-order valence-electron chi connectivity index (χ4n) is 1.61. The number of benzene rings is 1. The van der Waals surface area contributed by atoms with Crippen molar-refractivity contribution in [1.29, 1.82) is 0 Å². The van der Waals surface area contributed by atoms with E-state index in [-0.39, 0.29) is 11.7 Å². The Morgan fingerprint density at radius 3 is 2.90 bits per heavy atom. The Bertz CT molecular complexity index is 638. The zero-order chi connectivity index (χ0) is 15.2. The molecule has 1 atom stereocenters. The molecule has 1 aromatic carbocycles. The molecule has 1 unspecified atom stereocenters. The van der Waals surface area contributed by atoms with Crippen LogP contribution in [0.1, 0.15) is 18.1 Å². The van der Waals surface area contributed by atoms with Gasteiger partial charge in [-0.2, -0.15) is 11.3 Å². The Morgan fingerprint density at radius 2 is 2.24 bits per heavy atom. The summed E-state index contributed by atoms with van der Waals surface area (Å²) in [5.41, 5.74) is 8.34.